The van der Waals surface area contributed by atoms with Gasteiger partial charge in [0.05, 0.1) is 25.7 Å². The maximum absolute atomic E-state index is 13.4. The molecule has 2 aromatic carbocycles. The number of carbonyl (C=O) groups excluding carboxylic acids is 1. The average molecular weight is 479 g/mol. The lowest BCUT2D eigenvalue weighted by Crippen LogP contribution is -2.30. The SMILES string of the molecule is CCCCn1nnnc1CSC1=N/C(=C\c2ccc(OC)cc2)C(=O)N1c1cccc(OC)c1. The molecule has 0 unspecified atom stereocenters. The molecule has 1 aliphatic heterocycles. The van der Waals surface area contributed by atoms with Crippen LogP contribution in [0.1, 0.15) is 31.2 Å². The number of benzene rings is 2. The summed E-state index contributed by atoms with van der Waals surface area (Å²) in [6.07, 6.45) is 3.82. The summed E-state index contributed by atoms with van der Waals surface area (Å²) in [5.74, 6) is 2.42. The topological polar surface area (TPSA) is 94.7 Å². The number of amides is 1. The first-order valence-electron chi connectivity index (χ1n) is 10.9. The quantitative estimate of drug-likeness (QED) is 0.426. The molecule has 0 atom stereocenters. The summed E-state index contributed by atoms with van der Waals surface area (Å²) in [5, 5.41) is 12.6. The molecule has 1 amide bonds. The zero-order chi connectivity index (χ0) is 23.9. The second-order valence-corrected chi connectivity index (χ2v) is 8.44. The van der Waals surface area contributed by atoms with E-state index in [1.165, 1.54) is 11.8 Å². The van der Waals surface area contributed by atoms with Crippen LogP contribution >= 0.6 is 11.8 Å². The summed E-state index contributed by atoms with van der Waals surface area (Å²) in [4.78, 5) is 19.7. The molecule has 0 saturated heterocycles. The lowest BCUT2D eigenvalue weighted by atomic mass is 10.2. The first-order chi connectivity index (χ1) is 16.6. The molecule has 2 heterocycles. The zero-order valence-corrected chi connectivity index (χ0v) is 20.2. The van der Waals surface area contributed by atoms with E-state index in [1.807, 2.05) is 48.5 Å². The average Bonchev–Trinajstić information content (AvgIpc) is 3.45. The van der Waals surface area contributed by atoms with Crippen molar-refractivity contribution in [1.82, 2.24) is 20.2 Å². The van der Waals surface area contributed by atoms with E-state index in [0.29, 0.717) is 28.1 Å². The van der Waals surface area contributed by atoms with E-state index in [-0.39, 0.29) is 5.91 Å². The van der Waals surface area contributed by atoms with E-state index in [4.69, 9.17) is 9.47 Å². The summed E-state index contributed by atoms with van der Waals surface area (Å²) < 4.78 is 12.4. The van der Waals surface area contributed by atoms with Gasteiger partial charge in [-0.2, -0.15) is 0 Å². The number of tetrazole rings is 1. The molecule has 3 aromatic rings. The minimum absolute atomic E-state index is 0.211. The van der Waals surface area contributed by atoms with Crippen LogP contribution in [0.5, 0.6) is 11.5 Å². The zero-order valence-electron chi connectivity index (χ0n) is 19.3. The van der Waals surface area contributed by atoms with Crippen LogP contribution in [0.15, 0.2) is 59.2 Å². The first kappa shape index (κ1) is 23.5. The molecule has 176 valence electrons. The van der Waals surface area contributed by atoms with E-state index in [9.17, 15) is 4.79 Å². The predicted molar refractivity (Wildman–Crippen MR) is 133 cm³/mol. The second kappa shape index (κ2) is 11.0. The number of methoxy groups -OCH3 is 2. The summed E-state index contributed by atoms with van der Waals surface area (Å²) in [5.41, 5.74) is 1.88. The molecule has 4 rings (SSSR count). The van der Waals surface area contributed by atoms with Gasteiger partial charge in [-0.1, -0.05) is 43.3 Å². The van der Waals surface area contributed by atoms with Crippen LogP contribution in [-0.2, 0) is 17.1 Å². The van der Waals surface area contributed by atoms with Crippen molar-refractivity contribution in [3.8, 4) is 11.5 Å². The molecule has 0 N–H and O–H groups in total. The van der Waals surface area contributed by atoms with Gasteiger partial charge >= 0.3 is 0 Å². The molecule has 0 fully saturated rings. The number of amidine groups is 1. The standard InChI is InChI=1S/C24H26N6O3S/c1-4-5-13-29-22(26-27-28-29)16-34-24-25-21(14-17-9-11-19(32-2)12-10-17)23(31)30(24)18-7-6-8-20(15-18)33-3/h6-12,14-15H,4-5,13,16H2,1-3H3/b21-14-. The van der Waals surface area contributed by atoms with Crippen molar-refractivity contribution in [2.75, 3.05) is 19.1 Å². The molecular formula is C24H26N6O3S. The number of hydrogen-bond donors (Lipinski definition) is 0. The van der Waals surface area contributed by atoms with Crippen LogP contribution in [0.25, 0.3) is 6.08 Å². The van der Waals surface area contributed by atoms with E-state index in [0.717, 1.165) is 36.5 Å². The van der Waals surface area contributed by atoms with Crippen molar-refractivity contribution >= 4 is 34.6 Å². The van der Waals surface area contributed by atoms with Crippen molar-refractivity contribution in [2.45, 2.75) is 32.1 Å². The van der Waals surface area contributed by atoms with Gasteiger partial charge in [-0.05, 0) is 52.8 Å². The van der Waals surface area contributed by atoms with E-state index >= 15 is 0 Å². The van der Waals surface area contributed by atoms with Crippen molar-refractivity contribution in [2.24, 2.45) is 4.99 Å². The van der Waals surface area contributed by atoms with Crippen LogP contribution < -0.4 is 14.4 Å². The third-order valence-corrected chi connectivity index (χ3v) is 6.15. The number of unbranched alkanes of at least 4 members (excludes halogenated alkanes) is 1. The Labute approximate surface area is 202 Å². The smallest absolute Gasteiger partial charge is 0.283 e. The lowest BCUT2D eigenvalue weighted by Gasteiger charge is -2.18. The van der Waals surface area contributed by atoms with E-state index in [1.54, 1.807) is 29.9 Å². The third-order valence-electron chi connectivity index (χ3n) is 5.22. The Morgan fingerprint density at radius 3 is 2.59 bits per heavy atom. The molecule has 0 bridgehead atoms. The number of hydrogen-bond acceptors (Lipinski definition) is 8. The lowest BCUT2D eigenvalue weighted by molar-refractivity contribution is -0.113. The van der Waals surface area contributed by atoms with Gasteiger partial charge in [0.2, 0.25) is 0 Å². The number of aromatic nitrogens is 4. The molecule has 9 nitrogen and oxygen atoms in total. The molecule has 0 saturated carbocycles. The van der Waals surface area contributed by atoms with Gasteiger partial charge < -0.3 is 9.47 Å². The second-order valence-electron chi connectivity index (χ2n) is 7.50. The van der Waals surface area contributed by atoms with Crippen LogP contribution in [0.3, 0.4) is 0 Å². The molecule has 34 heavy (non-hydrogen) atoms. The molecule has 0 radical (unpaired) electrons. The van der Waals surface area contributed by atoms with Crippen molar-refractivity contribution in [3.63, 3.8) is 0 Å². The number of anilines is 1. The number of thioether (sulfide) groups is 1. The van der Waals surface area contributed by atoms with Gasteiger partial charge in [0.25, 0.3) is 5.91 Å². The van der Waals surface area contributed by atoms with Crippen molar-refractivity contribution in [3.05, 3.63) is 65.6 Å². The monoisotopic (exact) mass is 478 g/mol. The van der Waals surface area contributed by atoms with Crippen LogP contribution in [0.4, 0.5) is 5.69 Å². The summed E-state index contributed by atoms with van der Waals surface area (Å²) >= 11 is 1.42. The predicted octanol–water partition coefficient (Wildman–Crippen LogP) is 4.17. The Bertz CT molecular complexity index is 1210. The number of carbonyl (C=O) groups is 1. The maximum Gasteiger partial charge on any atom is 0.283 e. The fraction of sp³-hybridized carbons (Fsp3) is 0.292. The normalized spacial score (nSPS) is 14.6. The fourth-order valence-corrected chi connectivity index (χ4v) is 4.31. The largest absolute Gasteiger partial charge is 0.497 e. The number of rotatable bonds is 9. The maximum atomic E-state index is 13.4. The van der Waals surface area contributed by atoms with Crippen molar-refractivity contribution < 1.29 is 14.3 Å². The van der Waals surface area contributed by atoms with Crippen LogP contribution in [-0.4, -0.2) is 45.5 Å². The number of aliphatic imine (C=N–C) groups is 1. The van der Waals surface area contributed by atoms with Gasteiger partial charge in [0, 0.05) is 12.6 Å². The highest BCUT2D eigenvalue weighted by molar-refractivity contribution is 8.13. The third kappa shape index (κ3) is 5.28. The Hall–Kier alpha value is -3.66. The molecule has 0 spiro atoms. The molecule has 10 heteroatoms. The number of ether oxygens (including phenoxy) is 2. The van der Waals surface area contributed by atoms with E-state index in [2.05, 4.69) is 27.4 Å². The summed E-state index contributed by atoms with van der Waals surface area (Å²) in [6, 6.07) is 14.8. The molecular weight excluding hydrogens is 452 g/mol. The van der Waals surface area contributed by atoms with Crippen molar-refractivity contribution in [1.29, 1.82) is 0 Å². The van der Waals surface area contributed by atoms with Gasteiger partial charge in [-0.15, -0.1) is 5.10 Å². The fourth-order valence-electron chi connectivity index (χ4n) is 3.37. The minimum atomic E-state index is -0.211. The van der Waals surface area contributed by atoms with Gasteiger partial charge in [-0.3, -0.25) is 9.69 Å². The highest BCUT2D eigenvalue weighted by Gasteiger charge is 2.32. The Balaban J connectivity index is 1.63. The Morgan fingerprint density at radius 1 is 1.06 bits per heavy atom. The molecule has 0 aliphatic carbocycles. The number of nitrogens with zero attached hydrogens (tertiary/aromatic N) is 6. The Morgan fingerprint density at radius 2 is 1.85 bits per heavy atom. The summed E-state index contributed by atoms with van der Waals surface area (Å²) in [7, 11) is 3.21. The van der Waals surface area contributed by atoms with Gasteiger partial charge in [-0.25, -0.2) is 9.67 Å². The van der Waals surface area contributed by atoms with Gasteiger partial charge in [0.15, 0.2) is 11.0 Å². The summed E-state index contributed by atoms with van der Waals surface area (Å²) in [6.45, 7) is 2.88. The van der Waals surface area contributed by atoms with E-state index < -0.39 is 0 Å². The highest BCUT2D eigenvalue weighted by Crippen LogP contribution is 2.32. The number of aryl methyl sites for hydroxylation is 1. The Kier molecular flexibility index (Phi) is 7.58. The van der Waals surface area contributed by atoms with Crippen LogP contribution in [0, 0.1) is 0 Å². The highest BCUT2D eigenvalue weighted by atomic mass is 32.2. The van der Waals surface area contributed by atoms with Crippen LogP contribution in [0.2, 0.25) is 0 Å². The van der Waals surface area contributed by atoms with Gasteiger partial charge in [0.1, 0.15) is 17.2 Å². The minimum Gasteiger partial charge on any atom is -0.497 e. The molecule has 1 aliphatic rings. The first-order valence-corrected chi connectivity index (χ1v) is 11.9. The molecule has 1 aromatic heterocycles.